The van der Waals surface area contributed by atoms with E-state index >= 15 is 0 Å². The summed E-state index contributed by atoms with van der Waals surface area (Å²) < 4.78 is 11.5. The number of aryl methyl sites for hydroxylation is 2. The maximum atomic E-state index is 10.7. The van der Waals surface area contributed by atoms with Gasteiger partial charge in [0.05, 0.1) is 0 Å². The number of nitrogens with one attached hydrogen (secondary N) is 1. The first-order valence-electron chi connectivity index (χ1n) is 9.13. The average Bonchev–Trinajstić information content (AvgIpc) is 3.05. The number of hydrogen-bond donors (Lipinski definition) is 2. The molecule has 5 heteroatoms. The molecule has 0 aliphatic rings. The highest BCUT2D eigenvalue weighted by Gasteiger charge is 2.13. The summed E-state index contributed by atoms with van der Waals surface area (Å²) in [4.78, 5) is 14.0. The second-order valence-electron chi connectivity index (χ2n) is 6.93. The number of aromatic amines is 1. The molecule has 0 amide bonds. The van der Waals surface area contributed by atoms with Crippen LogP contribution in [-0.4, -0.2) is 22.7 Å². The molecule has 2 N–H and O–H groups in total. The molecule has 27 heavy (non-hydrogen) atoms. The molecular formula is C22H25NO4. The maximum Gasteiger partial charge on any atom is 0.341 e. The van der Waals surface area contributed by atoms with Gasteiger partial charge in [-0.2, -0.15) is 0 Å². The fraction of sp³-hybridized carbons (Fsp3) is 0.318. The summed E-state index contributed by atoms with van der Waals surface area (Å²) >= 11 is 0. The second-order valence-corrected chi connectivity index (χ2v) is 6.93. The zero-order valence-corrected chi connectivity index (χ0v) is 16.1. The highest BCUT2D eigenvalue weighted by Crippen LogP contribution is 2.35. The first-order chi connectivity index (χ1) is 12.9. The lowest BCUT2D eigenvalue weighted by Gasteiger charge is -2.14. The third-order valence-electron chi connectivity index (χ3n) is 4.84. The van der Waals surface area contributed by atoms with Gasteiger partial charge >= 0.3 is 5.97 Å². The third kappa shape index (κ3) is 4.08. The standard InChI is InChI=1S/C22H25NO4/c1-5-13(2)19-11-23-20-7-6-16(10-18(19)20)27-22-14(3)8-17(9-15(22)4)26-12-21(24)25/h6-11,13,23H,5,12H2,1-4H3,(H,24,25). The smallest absolute Gasteiger partial charge is 0.341 e. The predicted molar refractivity (Wildman–Crippen MR) is 106 cm³/mol. The van der Waals surface area contributed by atoms with Gasteiger partial charge in [0.2, 0.25) is 0 Å². The normalized spacial score (nSPS) is 12.1. The van der Waals surface area contributed by atoms with E-state index in [-0.39, 0.29) is 6.61 Å². The Hall–Kier alpha value is -2.95. The summed E-state index contributed by atoms with van der Waals surface area (Å²) in [6.07, 6.45) is 3.15. The minimum absolute atomic E-state index is 0.359. The Bertz CT molecular complexity index is 951. The van der Waals surface area contributed by atoms with Crippen LogP contribution >= 0.6 is 0 Å². The van der Waals surface area contributed by atoms with Gasteiger partial charge < -0.3 is 19.6 Å². The van der Waals surface area contributed by atoms with E-state index in [0.29, 0.717) is 11.7 Å². The van der Waals surface area contributed by atoms with Crippen molar-refractivity contribution in [2.24, 2.45) is 0 Å². The van der Waals surface area contributed by atoms with Gasteiger partial charge in [0.1, 0.15) is 17.2 Å². The lowest BCUT2D eigenvalue weighted by molar-refractivity contribution is -0.139. The van der Waals surface area contributed by atoms with E-state index in [4.69, 9.17) is 14.6 Å². The molecular weight excluding hydrogens is 342 g/mol. The SMILES string of the molecule is CCC(C)c1c[nH]c2ccc(Oc3c(C)cc(OCC(=O)O)cc3C)cc12. The van der Waals surface area contributed by atoms with Crippen molar-refractivity contribution in [3.8, 4) is 17.2 Å². The molecule has 0 aliphatic carbocycles. The van der Waals surface area contributed by atoms with E-state index in [9.17, 15) is 4.79 Å². The molecule has 0 saturated heterocycles. The van der Waals surface area contributed by atoms with Crippen LogP contribution in [0.25, 0.3) is 10.9 Å². The molecule has 1 atom stereocenters. The fourth-order valence-electron chi connectivity index (χ4n) is 3.23. The molecule has 142 valence electrons. The number of hydrogen-bond acceptors (Lipinski definition) is 3. The first-order valence-corrected chi connectivity index (χ1v) is 9.13. The van der Waals surface area contributed by atoms with Crippen molar-refractivity contribution in [2.45, 2.75) is 40.0 Å². The Morgan fingerprint density at radius 3 is 2.48 bits per heavy atom. The molecule has 0 bridgehead atoms. The van der Waals surface area contributed by atoms with E-state index in [0.717, 1.165) is 34.6 Å². The van der Waals surface area contributed by atoms with Crippen molar-refractivity contribution < 1.29 is 19.4 Å². The van der Waals surface area contributed by atoms with Crippen molar-refractivity contribution in [3.05, 3.63) is 53.2 Å². The Balaban J connectivity index is 1.89. The van der Waals surface area contributed by atoms with Crippen LogP contribution in [0.1, 0.15) is 42.9 Å². The molecule has 1 aromatic heterocycles. The molecule has 3 rings (SSSR count). The first kappa shape index (κ1) is 18.8. The third-order valence-corrected chi connectivity index (χ3v) is 4.84. The van der Waals surface area contributed by atoms with Gasteiger partial charge in [-0.25, -0.2) is 4.79 Å². The Morgan fingerprint density at radius 1 is 1.15 bits per heavy atom. The van der Waals surface area contributed by atoms with Crippen molar-refractivity contribution in [2.75, 3.05) is 6.61 Å². The number of aliphatic carboxylic acids is 1. The quantitative estimate of drug-likeness (QED) is 0.574. The topological polar surface area (TPSA) is 71.5 Å². The lowest BCUT2D eigenvalue weighted by atomic mass is 9.98. The van der Waals surface area contributed by atoms with Crippen molar-refractivity contribution in [1.29, 1.82) is 0 Å². The van der Waals surface area contributed by atoms with Gasteiger partial charge in [0.25, 0.3) is 0 Å². The predicted octanol–water partition coefficient (Wildman–Crippen LogP) is 5.55. The zero-order valence-electron chi connectivity index (χ0n) is 16.1. The van der Waals surface area contributed by atoms with E-state index < -0.39 is 5.97 Å². The van der Waals surface area contributed by atoms with Crippen molar-refractivity contribution in [1.82, 2.24) is 4.98 Å². The molecule has 0 aliphatic heterocycles. The van der Waals surface area contributed by atoms with E-state index in [2.05, 4.69) is 31.1 Å². The lowest BCUT2D eigenvalue weighted by Crippen LogP contribution is -2.09. The molecule has 1 unspecified atom stereocenters. The molecule has 0 fully saturated rings. The number of carboxylic acids is 1. The summed E-state index contributed by atoms with van der Waals surface area (Å²) in [6, 6.07) is 9.65. The Kier molecular flexibility index (Phi) is 5.40. The fourth-order valence-corrected chi connectivity index (χ4v) is 3.23. The Morgan fingerprint density at radius 2 is 1.85 bits per heavy atom. The number of fused-ring (bicyclic) bond motifs is 1. The van der Waals surface area contributed by atoms with Gasteiger partial charge in [-0.05, 0) is 73.2 Å². The van der Waals surface area contributed by atoms with Crippen LogP contribution in [0.4, 0.5) is 0 Å². The minimum atomic E-state index is -0.998. The molecule has 2 aromatic carbocycles. The number of carboxylic acid groups (broad SMARTS) is 1. The number of aromatic nitrogens is 1. The summed E-state index contributed by atoms with van der Waals surface area (Å²) in [7, 11) is 0. The number of H-pyrrole nitrogens is 1. The maximum absolute atomic E-state index is 10.7. The molecule has 3 aromatic rings. The highest BCUT2D eigenvalue weighted by atomic mass is 16.5. The van der Waals surface area contributed by atoms with Gasteiger partial charge in [-0.15, -0.1) is 0 Å². The van der Waals surface area contributed by atoms with E-state index in [1.807, 2.05) is 26.0 Å². The molecule has 0 saturated carbocycles. The summed E-state index contributed by atoms with van der Waals surface area (Å²) in [5.74, 6) is 1.54. The summed E-state index contributed by atoms with van der Waals surface area (Å²) in [6.45, 7) is 7.90. The number of benzene rings is 2. The van der Waals surface area contributed by atoms with Crippen LogP contribution in [0.3, 0.4) is 0 Å². The average molecular weight is 367 g/mol. The molecule has 1 heterocycles. The van der Waals surface area contributed by atoms with Crippen LogP contribution in [-0.2, 0) is 4.79 Å². The molecule has 0 spiro atoms. The molecule has 0 radical (unpaired) electrons. The largest absolute Gasteiger partial charge is 0.482 e. The van der Waals surface area contributed by atoms with Gasteiger partial charge in [-0.3, -0.25) is 0 Å². The van der Waals surface area contributed by atoms with Gasteiger partial charge in [0, 0.05) is 17.1 Å². The molecule has 5 nitrogen and oxygen atoms in total. The van der Waals surface area contributed by atoms with Crippen LogP contribution in [0.15, 0.2) is 36.5 Å². The number of carbonyl (C=O) groups is 1. The van der Waals surface area contributed by atoms with Gasteiger partial charge in [0.15, 0.2) is 6.61 Å². The highest BCUT2D eigenvalue weighted by molar-refractivity contribution is 5.85. The van der Waals surface area contributed by atoms with Crippen molar-refractivity contribution in [3.63, 3.8) is 0 Å². The summed E-state index contributed by atoms with van der Waals surface area (Å²) in [5.41, 5.74) is 4.19. The van der Waals surface area contributed by atoms with Crippen LogP contribution in [0, 0.1) is 13.8 Å². The Labute approximate surface area is 158 Å². The van der Waals surface area contributed by atoms with Crippen LogP contribution < -0.4 is 9.47 Å². The van der Waals surface area contributed by atoms with Crippen LogP contribution in [0.5, 0.6) is 17.2 Å². The zero-order chi connectivity index (χ0) is 19.6. The summed E-state index contributed by atoms with van der Waals surface area (Å²) in [5, 5.41) is 9.94. The second kappa shape index (κ2) is 7.74. The van der Waals surface area contributed by atoms with E-state index in [1.165, 1.54) is 10.9 Å². The van der Waals surface area contributed by atoms with Gasteiger partial charge in [-0.1, -0.05) is 13.8 Å². The minimum Gasteiger partial charge on any atom is -0.482 e. The number of ether oxygens (including phenoxy) is 2. The number of rotatable bonds is 7. The van der Waals surface area contributed by atoms with Crippen LogP contribution in [0.2, 0.25) is 0 Å². The van der Waals surface area contributed by atoms with Crippen molar-refractivity contribution >= 4 is 16.9 Å². The monoisotopic (exact) mass is 367 g/mol. The van der Waals surface area contributed by atoms with E-state index in [1.54, 1.807) is 12.1 Å².